The lowest BCUT2D eigenvalue weighted by molar-refractivity contribution is -0.113. The number of carbonyl (C=O) groups is 2. The van der Waals surface area contributed by atoms with Gasteiger partial charge in [0.2, 0.25) is 0 Å². The summed E-state index contributed by atoms with van der Waals surface area (Å²) in [6.45, 7) is 6.48. The summed E-state index contributed by atoms with van der Waals surface area (Å²) in [6.07, 6.45) is 1.78. The molecule has 0 aromatic heterocycles. The maximum Gasteiger partial charge on any atom is 0.298 e. The molecule has 0 radical (unpaired) electrons. The number of thioether (sulfide) groups is 1. The molecule has 0 atom stereocenters. The summed E-state index contributed by atoms with van der Waals surface area (Å²) in [4.78, 5) is 26.4. The Labute approximate surface area is 146 Å². The van der Waals surface area contributed by atoms with E-state index in [9.17, 15) is 9.59 Å². The van der Waals surface area contributed by atoms with E-state index in [2.05, 4.69) is 32.9 Å². The van der Waals surface area contributed by atoms with E-state index in [1.807, 2.05) is 30.3 Å². The van der Waals surface area contributed by atoms with Crippen LogP contribution in [0.3, 0.4) is 0 Å². The molecule has 122 valence electrons. The van der Waals surface area contributed by atoms with Gasteiger partial charge in [0.25, 0.3) is 11.1 Å². The number of anilines is 1. The zero-order valence-corrected chi connectivity index (χ0v) is 14.8. The van der Waals surface area contributed by atoms with Gasteiger partial charge in [0.15, 0.2) is 0 Å². The van der Waals surface area contributed by atoms with Crippen molar-refractivity contribution in [3.63, 3.8) is 0 Å². The molecular formula is C20H19NO2S. The van der Waals surface area contributed by atoms with E-state index in [0.717, 1.165) is 17.3 Å². The number of rotatable bonds is 2. The average Bonchev–Trinajstić information content (AvgIpc) is 2.82. The third kappa shape index (κ3) is 3.29. The van der Waals surface area contributed by atoms with Crippen LogP contribution in [0.1, 0.15) is 31.9 Å². The number of carbonyl (C=O) groups excluding carboxylic acids is 2. The summed E-state index contributed by atoms with van der Waals surface area (Å²) < 4.78 is 0. The highest BCUT2D eigenvalue weighted by Crippen LogP contribution is 2.35. The lowest BCUT2D eigenvalue weighted by atomic mass is 9.87. The van der Waals surface area contributed by atoms with Crippen molar-refractivity contribution in [2.24, 2.45) is 0 Å². The maximum atomic E-state index is 12.6. The Balaban J connectivity index is 1.87. The van der Waals surface area contributed by atoms with E-state index in [1.54, 1.807) is 18.2 Å². The maximum absolute atomic E-state index is 12.6. The van der Waals surface area contributed by atoms with E-state index < -0.39 is 0 Å². The smallest absolute Gasteiger partial charge is 0.268 e. The van der Waals surface area contributed by atoms with Gasteiger partial charge in [-0.15, -0.1) is 0 Å². The quantitative estimate of drug-likeness (QED) is 0.705. The Hall–Kier alpha value is -2.33. The normalized spacial score (nSPS) is 17.0. The summed E-state index contributed by atoms with van der Waals surface area (Å²) in [5.74, 6) is -0.268. The molecule has 3 rings (SSSR count). The van der Waals surface area contributed by atoms with Gasteiger partial charge in [0, 0.05) is 0 Å². The monoisotopic (exact) mass is 337 g/mol. The molecule has 0 spiro atoms. The molecule has 1 aliphatic rings. The van der Waals surface area contributed by atoms with Gasteiger partial charge in [0.05, 0.1) is 10.6 Å². The van der Waals surface area contributed by atoms with Crippen molar-refractivity contribution in [3.8, 4) is 0 Å². The van der Waals surface area contributed by atoms with Crippen LogP contribution in [0.4, 0.5) is 10.5 Å². The predicted octanol–water partition coefficient (Wildman–Crippen LogP) is 5.23. The molecule has 2 aromatic carbocycles. The standard InChI is InChI=1S/C20H19NO2S/c1-20(2,3)15-11-9-14(10-12-15)13-17-18(22)21(19(23)24-17)16-7-5-4-6-8-16/h4-13H,1-3H3/b17-13-. The van der Waals surface area contributed by atoms with Crippen molar-refractivity contribution < 1.29 is 9.59 Å². The molecular weight excluding hydrogens is 318 g/mol. The van der Waals surface area contributed by atoms with Crippen molar-refractivity contribution in [2.75, 3.05) is 4.90 Å². The van der Waals surface area contributed by atoms with Crippen LogP contribution in [0.2, 0.25) is 0 Å². The molecule has 24 heavy (non-hydrogen) atoms. The van der Waals surface area contributed by atoms with E-state index in [-0.39, 0.29) is 16.6 Å². The summed E-state index contributed by atoms with van der Waals surface area (Å²) in [6, 6.07) is 17.1. The second-order valence-electron chi connectivity index (χ2n) is 6.72. The minimum atomic E-state index is -0.268. The fraction of sp³-hybridized carbons (Fsp3) is 0.200. The number of nitrogens with zero attached hydrogens (tertiary/aromatic N) is 1. The van der Waals surface area contributed by atoms with Crippen LogP contribution < -0.4 is 4.90 Å². The Morgan fingerprint density at radius 1 is 0.917 bits per heavy atom. The molecule has 0 N–H and O–H groups in total. The first-order valence-corrected chi connectivity index (χ1v) is 8.61. The molecule has 1 heterocycles. The van der Waals surface area contributed by atoms with E-state index >= 15 is 0 Å². The highest BCUT2D eigenvalue weighted by Gasteiger charge is 2.36. The van der Waals surface area contributed by atoms with E-state index in [4.69, 9.17) is 0 Å². The number of imide groups is 1. The molecule has 0 saturated carbocycles. The van der Waals surface area contributed by atoms with Gasteiger partial charge in [-0.1, -0.05) is 63.2 Å². The number of benzene rings is 2. The molecule has 1 aliphatic heterocycles. The average molecular weight is 337 g/mol. The highest BCUT2D eigenvalue weighted by molar-refractivity contribution is 8.19. The van der Waals surface area contributed by atoms with Crippen LogP contribution in [0.5, 0.6) is 0 Å². The van der Waals surface area contributed by atoms with Crippen LogP contribution in [0.25, 0.3) is 6.08 Å². The molecule has 1 saturated heterocycles. The zero-order valence-electron chi connectivity index (χ0n) is 13.9. The first kappa shape index (κ1) is 16.5. The molecule has 3 nitrogen and oxygen atoms in total. The van der Waals surface area contributed by atoms with Crippen LogP contribution >= 0.6 is 11.8 Å². The Morgan fingerprint density at radius 3 is 2.12 bits per heavy atom. The van der Waals surface area contributed by atoms with E-state index in [0.29, 0.717) is 10.6 Å². The van der Waals surface area contributed by atoms with Crippen LogP contribution in [-0.2, 0) is 10.2 Å². The number of hydrogen-bond donors (Lipinski definition) is 0. The summed E-state index contributed by atoms with van der Waals surface area (Å²) >= 11 is 0.980. The topological polar surface area (TPSA) is 37.4 Å². The first-order chi connectivity index (χ1) is 11.4. The third-order valence-corrected chi connectivity index (χ3v) is 4.75. The zero-order chi connectivity index (χ0) is 17.3. The number of amides is 2. The second-order valence-corrected chi connectivity index (χ2v) is 7.72. The highest BCUT2D eigenvalue weighted by atomic mass is 32.2. The Kier molecular flexibility index (Phi) is 4.33. The summed E-state index contributed by atoms with van der Waals surface area (Å²) in [5, 5.41) is -0.260. The minimum absolute atomic E-state index is 0.0870. The van der Waals surface area contributed by atoms with Crippen LogP contribution in [0, 0.1) is 0 Å². The SMILES string of the molecule is CC(C)(C)c1ccc(/C=C2\SC(=O)N(c3ccccc3)C2=O)cc1. The molecule has 0 aliphatic carbocycles. The van der Waals surface area contributed by atoms with Crippen LogP contribution in [0.15, 0.2) is 59.5 Å². The summed E-state index contributed by atoms with van der Waals surface area (Å²) in [5.41, 5.74) is 2.84. The molecule has 0 bridgehead atoms. The van der Waals surface area contributed by atoms with Gasteiger partial charge in [-0.25, -0.2) is 4.90 Å². The van der Waals surface area contributed by atoms with Crippen molar-refractivity contribution in [1.82, 2.24) is 0 Å². The van der Waals surface area contributed by atoms with Crippen molar-refractivity contribution in [1.29, 1.82) is 0 Å². The van der Waals surface area contributed by atoms with Gasteiger partial charge >= 0.3 is 0 Å². The lowest BCUT2D eigenvalue weighted by Gasteiger charge is -2.18. The molecule has 2 amide bonds. The molecule has 0 unspecified atom stereocenters. The summed E-state index contributed by atoms with van der Waals surface area (Å²) in [7, 11) is 0. The van der Waals surface area contributed by atoms with Crippen molar-refractivity contribution >= 4 is 34.7 Å². The molecule has 1 fully saturated rings. The number of para-hydroxylation sites is 1. The van der Waals surface area contributed by atoms with Gasteiger partial charge in [-0.3, -0.25) is 9.59 Å². The predicted molar refractivity (Wildman–Crippen MR) is 100 cm³/mol. The van der Waals surface area contributed by atoms with Gasteiger partial charge in [-0.05, 0) is 46.5 Å². The van der Waals surface area contributed by atoms with Crippen molar-refractivity contribution in [3.05, 3.63) is 70.6 Å². The second kappa shape index (κ2) is 6.29. The molecule has 2 aromatic rings. The largest absolute Gasteiger partial charge is 0.298 e. The Morgan fingerprint density at radius 2 is 1.54 bits per heavy atom. The Bertz CT molecular complexity index is 802. The van der Waals surface area contributed by atoms with Gasteiger partial charge in [-0.2, -0.15) is 0 Å². The lowest BCUT2D eigenvalue weighted by Crippen LogP contribution is -2.27. The third-order valence-electron chi connectivity index (χ3n) is 3.88. The molecule has 4 heteroatoms. The van der Waals surface area contributed by atoms with Gasteiger partial charge < -0.3 is 0 Å². The minimum Gasteiger partial charge on any atom is -0.268 e. The van der Waals surface area contributed by atoms with Gasteiger partial charge in [0.1, 0.15) is 0 Å². The van der Waals surface area contributed by atoms with E-state index in [1.165, 1.54) is 10.5 Å². The van der Waals surface area contributed by atoms with Crippen LogP contribution in [-0.4, -0.2) is 11.1 Å². The van der Waals surface area contributed by atoms with Crippen molar-refractivity contribution in [2.45, 2.75) is 26.2 Å². The number of hydrogen-bond acceptors (Lipinski definition) is 3. The fourth-order valence-corrected chi connectivity index (χ4v) is 3.34. The fourth-order valence-electron chi connectivity index (χ4n) is 2.50. The first-order valence-electron chi connectivity index (χ1n) is 7.80.